The van der Waals surface area contributed by atoms with Crippen molar-refractivity contribution in [2.45, 2.75) is 13.0 Å². The van der Waals surface area contributed by atoms with Gasteiger partial charge in [-0.25, -0.2) is 4.98 Å². The van der Waals surface area contributed by atoms with Crippen molar-refractivity contribution in [3.63, 3.8) is 0 Å². The van der Waals surface area contributed by atoms with Crippen molar-refractivity contribution in [2.24, 2.45) is 0 Å². The van der Waals surface area contributed by atoms with Gasteiger partial charge in [0.1, 0.15) is 0 Å². The lowest BCUT2D eigenvalue weighted by Gasteiger charge is -2.20. The Balaban J connectivity index is 1.40. The highest BCUT2D eigenvalue weighted by atomic mass is 32.1. The third-order valence-electron chi connectivity index (χ3n) is 5.32. The molecule has 0 saturated carbocycles. The number of anilines is 1. The van der Waals surface area contributed by atoms with E-state index in [1.54, 1.807) is 11.1 Å². The molecule has 5 aromatic rings. The summed E-state index contributed by atoms with van der Waals surface area (Å²) in [7, 11) is 0. The number of nitrogens with zero attached hydrogens (tertiary/aromatic N) is 4. The van der Waals surface area contributed by atoms with E-state index in [4.69, 9.17) is 4.98 Å². The predicted molar refractivity (Wildman–Crippen MR) is 129 cm³/mol. The molecule has 2 heterocycles. The fourth-order valence-corrected chi connectivity index (χ4v) is 4.64. The molecule has 5 rings (SSSR count). The van der Waals surface area contributed by atoms with Crippen molar-refractivity contribution in [2.75, 3.05) is 11.4 Å². The number of carbonyl (C=O) groups excluding carboxylic acids is 1. The number of carbonyl (C=O) groups is 1. The minimum absolute atomic E-state index is 0.0533. The average molecular weight is 439 g/mol. The lowest BCUT2D eigenvalue weighted by atomic mass is 10.0. The summed E-state index contributed by atoms with van der Waals surface area (Å²) in [4.78, 5) is 20.0. The number of hydrogen-bond acceptors (Lipinski definition) is 4. The molecule has 2 aromatic heterocycles. The van der Waals surface area contributed by atoms with Gasteiger partial charge in [-0.1, -0.05) is 65.9 Å². The van der Waals surface area contributed by atoms with Crippen LogP contribution >= 0.6 is 11.3 Å². The quantitative estimate of drug-likeness (QED) is 0.340. The van der Waals surface area contributed by atoms with Gasteiger partial charge < -0.3 is 0 Å². The molecule has 0 aliphatic carbocycles. The molecule has 158 valence electrons. The molecule has 0 fully saturated rings. The van der Waals surface area contributed by atoms with Crippen molar-refractivity contribution in [3.05, 3.63) is 114 Å². The highest BCUT2D eigenvalue weighted by Crippen LogP contribution is 2.29. The zero-order chi connectivity index (χ0) is 21.8. The highest BCUT2D eigenvalue weighted by molar-refractivity contribution is 7.22. The molecule has 0 aliphatic heterocycles. The first-order chi connectivity index (χ1) is 15.8. The summed E-state index contributed by atoms with van der Waals surface area (Å²) in [5.41, 5.74) is 3.99. The van der Waals surface area contributed by atoms with Crippen LogP contribution in [-0.2, 0) is 13.0 Å². The van der Waals surface area contributed by atoms with Gasteiger partial charge in [0.25, 0.3) is 5.91 Å². The molecule has 0 radical (unpaired) electrons. The lowest BCUT2D eigenvalue weighted by molar-refractivity contribution is 0.0986. The van der Waals surface area contributed by atoms with E-state index in [1.165, 1.54) is 22.5 Å². The van der Waals surface area contributed by atoms with Crippen LogP contribution in [0.3, 0.4) is 0 Å². The number of amides is 1. The van der Waals surface area contributed by atoms with E-state index in [2.05, 4.69) is 17.2 Å². The van der Waals surface area contributed by atoms with Gasteiger partial charge in [0.2, 0.25) is 0 Å². The predicted octanol–water partition coefficient (Wildman–Crippen LogP) is 5.43. The third kappa shape index (κ3) is 4.45. The first kappa shape index (κ1) is 20.2. The Labute approximate surface area is 190 Å². The van der Waals surface area contributed by atoms with E-state index < -0.39 is 0 Å². The van der Waals surface area contributed by atoms with Crippen LogP contribution in [-0.4, -0.2) is 27.2 Å². The van der Waals surface area contributed by atoms with Crippen molar-refractivity contribution in [1.29, 1.82) is 0 Å². The SMILES string of the molecule is O=C(c1ccc(Cc2ccccc2)cc1)N(CCn1cccn1)c1nc2ccccc2s1. The molecule has 0 N–H and O–H groups in total. The largest absolute Gasteiger partial charge is 0.282 e. The van der Waals surface area contributed by atoms with Crippen molar-refractivity contribution in [3.8, 4) is 0 Å². The summed E-state index contributed by atoms with van der Waals surface area (Å²) in [6.45, 7) is 1.09. The van der Waals surface area contributed by atoms with E-state index in [0.29, 0.717) is 23.8 Å². The minimum Gasteiger partial charge on any atom is -0.282 e. The highest BCUT2D eigenvalue weighted by Gasteiger charge is 2.21. The zero-order valence-corrected chi connectivity index (χ0v) is 18.3. The first-order valence-corrected chi connectivity index (χ1v) is 11.4. The van der Waals surface area contributed by atoms with E-state index in [-0.39, 0.29) is 5.91 Å². The second-order valence-corrected chi connectivity index (χ2v) is 8.56. The Bertz CT molecular complexity index is 1280. The first-order valence-electron chi connectivity index (χ1n) is 10.5. The van der Waals surface area contributed by atoms with Crippen molar-refractivity contribution >= 4 is 32.6 Å². The van der Waals surface area contributed by atoms with Gasteiger partial charge in [-0.15, -0.1) is 0 Å². The smallest absolute Gasteiger partial charge is 0.260 e. The molecule has 0 aliphatic rings. The fourth-order valence-electron chi connectivity index (χ4n) is 3.65. The average Bonchev–Trinajstić information content (AvgIpc) is 3.50. The van der Waals surface area contributed by atoms with Crippen LogP contribution < -0.4 is 4.90 Å². The summed E-state index contributed by atoms with van der Waals surface area (Å²) < 4.78 is 2.90. The molecule has 0 atom stereocenters. The monoisotopic (exact) mass is 438 g/mol. The molecule has 0 saturated heterocycles. The number of aromatic nitrogens is 3. The molecule has 0 unspecified atom stereocenters. The maximum Gasteiger partial charge on any atom is 0.260 e. The van der Waals surface area contributed by atoms with Crippen LogP contribution in [0, 0.1) is 0 Å². The summed E-state index contributed by atoms with van der Waals surface area (Å²) >= 11 is 1.53. The molecule has 0 bridgehead atoms. The Hall–Kier alpha value is -3.77. The number of rotatable bonds is 7. The van der Waals surface area contributed by atoms with E-state index in [0.717, 1.165) is 16.6 Å². The van der Waals surface area contributed by atoms with Gasteiger partial charge in [0.15, 0.2) is 5.13 Å². The van der Waals surface area contributed by atoms with E-state index >= 15 is 0 Å². The van der Waals surface area contributed by atoms with Crippen LogP contribution in [0.4, 0.5) is 5.13 Å². The maximum atomic E-state index is 13.5. The van der Waals surface area contributed by atoms with Gasteiger partial charge in [0, 0.05) is 24.5 Å². The maximum absolute atomic E-state index is 13.5. The normalized spacial score (nSPS) is 11.0. The molecular formula is C26H22N4OS. The summed E-state index contributed by atoms with van der Waals surface area (Å²) in [5, 5.41) is 4.98. The number of fused-ring (bicyclic) bond motifs is 1. The second kappa shape index (κ2) is 9.16. The van der Waals surface area contributed by atoms with Gasteiger partial charge >= 0.3 is 0 Å². The standard InChI is InChI=1S/C26H22N4OS/c31-25(22-13-11-21(12-14-22)19-20-7-2-1-3-8-20)30(18-17-29-16-6-15-27-29)26-28-23-9-4-5-10-24(23)32-26/h1-16H,17-19H2. The molecule has 32 heavy (non-hydrogen) atoms. The topological polar surface area (TPSA) is 51.0 Å². The molecule has 0 spiro atoms. The number of para-hydroxylation sites is 1. The zero-order valence-electron chi connectivity index (χ0n) is 17.5. The van der Waals surface area contributed by atoms with E-state index in [1.807, 2.05) is 83.7 Å². The molecule has 1 amide bonds. The van der Waals surface area contributed by atoms with Gasteiger partial charge in [-0.05, 0) is 47.9 Å². The second-order valence-electron chi connectivity index (χ2n) is 7.55. The molecular weight excluding hydrogens is 416 g/mol. The van der Waals surface area contributed by atoms with Crippen molar-refractivity contribution < 1.29 is 4.79 Å². The third-order valence-corrected chi connectivity index (χ3v) is 6.38. The molecule has 3 aromatic carbocycles. The van der Waals surface area contributed by atoms with Gasteiger partial charge in [-0.2, -0.15) is 5.10 Å². The Kier molecular flexibility index (Phi) is 5.77. The molecule has 6 heteroatoms. The number of hydrogen-bond donors (Lipinski definition) is 0. The van der Waals surface area contributed by atoms with Crippen LogP contribution in [0.1, 0.15) is 21.5 Å². The van der Waals surface area contributed by atoms with Crippen LogP contribution in [0.25, 0.3) is 10.2 Å². The Morgan fingerprint density at radius 1 is 0.875 bits per heavy atom. The Morgan fingerprint density at radius 2 is 1.62 bits per heavy atom. The lowest BCUT2D eigenvalue weighted by Crippen LogP contribution is -2.34. The number of thiazole rings is 1. The summed E-state index contributed by atoms with van der Waals surface area (Å²) in [6, 6.07) is 28.1. The van der Waals surface area contributed by atoms with Gasteiger partial charge in [-0.3, -0.25) is 14.4 Å². The molecule has 5 nitrogen and oxygen atoms in total. The number of benzene rings is 3. The fraction of sp³-hybridized carbons (Fsp3) is 0.115. The summed E-state index contributed by atoms with van der Waals surface area (Å²) in [5.74, 6) is -0.0533. The van der Waals surface area contributed by atoms with Gasteiger partial charge in [0.05, 0.1) is 16.8 Å². The van der Waals surface area contributed by atoms with Crippen LogP contribution in [0.5, 0.6) is 0 Å². The van der Waals surface area contributed by atoms with Crippen LogP contribution in [0.15, 0.2) is 97.3 Å². The van der Waals surface area contributed by atoms with Crippen LogP contribution in [0.2, 0.25) is 0 Å². The Morgan fingerprint density at radius 3 is 2.38 bits per heavy atom. The summed E-state index contributed by atoms with van der Waals surface area (Å²) in [6.07, 6.45) is 4.49. The van der Waals surface area contributed by atoms with E-state index in [9.17, 15) is 4.79 Å². The minimum atomic E-state index is -0.0533. The van der Waals surface area contributed by atoms with Crippen molar-refractivity contribution in [1.82, 2.24) is 14.8 Å².